The van der Waals surface area contributed by atoms with Gasteiger partial charge in [0.05, 0.1) is 5.69 Å². The van der Waals surface area contributed by atoms with Crippen LogP contribution in [0.3, 0.4) is 0 Å². The van der Waals surface area contributed by atoms with E-state index in [1.165, 1.54) is 25.1 Å². The van der Waals surface area contributed by atoms with Crippen molar-refractivity contribution in [2.24, 2.45) is 0 Å². The molecular formula is C17H15F3N2O2. The highest BCUT2D eigenvalue weighted by Crippen LogP contribution is 2.15. The van der Waals surface area contributed by atoms with Gasteiger partial charge in [-0.1, -0.05) is 18.2 Å². The minimum absolute atomic E-state index is 0.0959. The molecule has 2 rings (SSSR count). The zero-order valence-electron chi connectivity index (χ0n) is 12.9. The van der Waals surface area contributed by atoms with Crippen LogP contribution in [0.5, 0.6) is 0 Å². The Morgan fingerprint density at radius 3 is 2.38 bits per heavy atom. The summed E-state index contributed by atoms with van der Waals surface area (Å²) in [4.78, 5) is 24.8. The van der Waals surface area contributed by atoms with Gasteiger partial charge in [-0.15, -0.1) is 0 Å². The maximum Gasteiger partial charge on any atom is 0.244 e. The van der Waals surface area contributed by atoms with Gasteiger partial charge in [0, 0.05) is 25.1 Å². The second kappa shape index (κ2) is 7.63. The number of carbonyl (C=O) groups is 2. The first-order chi connectivity index (χ1) is 11.4. The lowest BCUT2D eigenvalue weighted by Gasteiger charge is -2.21. The van der Waals surface area contributed by atoms with E-state index in [0.29, 0.717) is 6.07 Å². The number of benzene rings is 2. The van der Waals surface area contributed by atoms with Gasteiger partial charge in [-0.2, -0.15) is 0 Å². The molecule has 2 aromatic carbocycles. The Hall–Kier alpha value is -2.83. The van der Waals surface area contributed by atoms with Crippen LogP contribution in [0, 0.1) is 17.5 Å². The second-order valence-corrected chi connectivity index (χ2v) is 5.14. The van der Waals surface area contributed by atoms with Crippen LogP contribution in [0.2, 0.25) is 0 Å². The number of anilines is 1. The van der Waals surface area contributed by atoms with Gasteiger partial charge in [0.15, 0.2) is 0 Å². The fourth-order valence-electron chi connectivity index (χ4n) is 2.06. The molecule has 0 atom stereocenters. The third-order valence-corrected chi connectivity index (χ3v) is 3.30. The van der Waals surface area contributed by atoms with Crippen molar-refractivity contribution in [2.45, 2.75) is 13.5 Å². The summed E-state index contributed by atoms with van der Waals surface area (Å²) >= 11 is 0. The van der Waals surface area contributed by atoms with Crippen LogP contribution < -0.4 is 5.32 Å². The van der Waals surface area contributed by atoms with Crippen molar-refractivity contribution in [3.05, 3.63) is 65.5 Å². The number of nitrogens with zero attached hydrogens (tertiary/aromatic N) is 1. The van der Waals surface area contributed by atoms with Crippen LogP contribution in [0.25, 0.3) is 0 Å². The fourth-order valence-corrected chi connectivity index (χ4v) is 2.06. The van der Waals surface area contributed by atoms with Crippen molar-refractivity contribution >= 4 is 17.5 Å². The third kappa shape index (κ3) is 4.58. The van der Waals surface area contributed by atoms with E-state index in [1.807, 2.05) is 0 Å². The Bertz CT molecular complexity index is 765. The first-order valence-corrected chi connectivity index (χ1v) is 7.10. The van der Waals surface area contributed by atoms with Gasteiger partial charge in [-0.3, -0.25) is 9.59 Å². The number of hydrogen-bond donors (Lipinski definition) is 1. The smallest absolute Gasteiger partial charge is 0.244 e. The molecule has 4 nitrogen and oxygen atoms in total. The molecule has 2 amide bonds. The summed E-state index contributed by atoms with van der Waals surface area (Å²) < 4.78 is 40.0. The van der Waals surface area contributed by atoms with Crippen LogP contribution in [0.15, 0.2) is 42.5 Å². The number of nitrogens with one attached hydrogen (secondary N) is 1. The monoisotopic (exact) mass is 336 g/mol. The van der Waals surface area contributed by atoms with E-state index in [1.54, 1.807) is 6.07 Å². The summed E-state index contributed by atoms with van der Waals surface area (Å²) in [6, 6.07) is 8.60. The zero-order chi connectivity index (χ0) is 17.7. The Morgan fingerprint density at radius 1 is 1.04 bits per heavy atom. The standard InChI is InChI=1S/C17H15F3N2O2/c1-11(23)22(9-12-4-2-3-5-14(12)19)10-17(24)21-16-7-6-13(18)8-15(16)20/h2-8H,9-10H2,1H3,(H,21,24). The number of halogens is 3. The summed E-state index contributed by atoms with van der Waals surface area (Å²) in [7, 11) is 0. The van der Waals surface area contributed by atoms with Crippen molar-refractivity contribution in [1.29, 1.82) is 0 Å². The van der Waals surface area contributed by atoms with Crippen molar-refractivity contribution in [3.8, 4) is 0 Å². The van der Waals surface area contributed by atoms with E-state index < -0.39 is 29.3 Å². The molecule has 0 saturated heterocycles. The Morgan fingerprint density at radius 2 is 1.75 bits per heavy atom. The quantitative estimate of drug-likeness (QED) is 0.912. The number of amides is 2. The van der Waals surface area contributed by atoms with Crippen molar-refractivity contribution < 1.29 is 22.8 Å². The maximum absolute atomic E-state index is 13.7. The molecule has 0 unspecified atom stereocenters. The van der Waals surface area contributed by atoms with Crippen molar-refractivity contribution in [3.63, 3.8) is 0 Å². The molecule has 0 aromatic heterocycles. The van der Waals surface area contributed by atoms with Crippen LogP contribution >= 0.6 is 0 Å². The minimum Gasteiger partial charge on any atom is -0.329 e. The molecule has 1 N–H and O–H groups in total. The van der Waals surface area contributed by atoms with E-state index in [4.69, 9.17) is 0 Å². The number of rotatable bonds is 5. The molecule has 0 heterocycles. The van der Waals surface area contributed by atoms with E-state index in [-0.39, 0.29) is 24.3 Å². The highest BCUT2D eigenvalue weighted by atomic mass is 19.1. The molecule has 0 radical (unpaired) electrons. The third-order valence-electron chi connectivity index (χ3n) is 3.30. The molecule has 0 saturated carbocycles. The summed E-state index contributed by atoms with van der Waals surface area (Å²) in [5.74, 6) is -3.30. The van der Waals surface area contributed by atoms with Crippen LogP contribution in [-0.2, 0) is 16.1 Å². The molecule has 0 aliphatic heterocycles. The number of carbonyl (C=O) groups excluding carboxylic acids is 2. The first-order valence-electron chi connectivity index (χ1n) is 7.10. The van der Waals surface area contributed by atoms with Crippen molar-refractivity contribution in [2.75, 3.05) is 11.9 Å². The number of hydrogen-bond acceptors (Lipinski definition) is 2. The molecule has 0 aliphatic carbocycles. The van der Waals surface area contributed by atoms with Crippen molar-refractivity contribution in [1.82, 2.24) is 4.90 Å². The zero-order valence-corrected chi connectivity index (χ0v) is 12.9. The van der Waals surface area contributed by atoms with Crippen LogP contribution in [0.1, 0.15) is 12.5 Å². The summed E-state index contributed by atoms with van der Waals surface area (Å²) in [5.41, 5.74) is 0.0595. The molecular weight excluding hydrogens is 321 g/mol. The molecule has 7 heteroatoms. The summed E-state index contributed by atoms with van der Waals surface area (Å²) in [6.45, 7) is 0.758. The van der Waals surface area contributed by atoms with Gasteiger partial charge in [-0.05, 0) is 18.2 Å². The highest BCUT2D eigenvalue weighted by molar-refractivity contribution is 5.94. The van der Waals surface area contributed by atoms with E-state index in [9.17, 15) is 22.8 Å². The minimum atomic E-state index is -0.924. The van der Waals surface area contributed by atoms with Gasteiger partial charge < -0.3 is 10.2 Å². The highest BCUT2D eigenvalue weighted by Gasteiger charge is 2.17. The van der Waals surface area contributed by atoms with E-state index in [2.05, 4.69) is 5.32 Å². The predicted molar refractivity (Wildman–Crippen MR) is 82.5 cm³/mol. The maximum atomic E-state index is 13.7. The first kappa shape index (κ1) is 17.5. The van der Waals surface area contributed by atoms with Gasteiger partial charge in [0.25, 0.3) is 0 Å². The van der Waals surface area contributed by atoms with Crippen LogP contribution in [-0.4, -0.2) is 23.3 Å². The topological polar surface area (TPSA) is 49.4 Å². The largest absolute Gasteiger partial charge is 0.329 e. The average Bonchev–Trinajstić information content (AvgIpc) is 2.51. The molecule has 0 aliphatic rings. The second-order valence-electron chi connectivity index (χ2n) is 5.14. The molecule has 0 spiro atoms. The molecule has 126 valence electrons. The normalized spacial score (nSPS) is 10.3. The Balaban J connectivity index is 2.06. The van der Waals surface area contributed by atoms with Gasteiger partial charge >= 0.3 is 0 Å². The molecule has 0 bridgehead atoms. The SMILES string of the molecule is CC(=O)N(CC(=O)Nc1ccc(F)cc1F)Cc1ccccc1F. The van der Waals surface area contributed by atoms with E-state index in [0.717, 1.165) is 17.0 Å². The van der Waals surface area contributed by atoms with Gasteiger partial charge in [0.1, 0.15) is 24.0 Å². The average molecular weight is 336 g/mol. The van der Waals surface area contributed by atoms with Gasteiger partial charge in [-0.25, -0.2) is 13.2 Å². The Kier molecular flexibility index (Phi) is 5.57. The lowest BCUT2D eigenvalue weighted by molar-refractivity contribution is -0.133. The molecule has 0 fully saturated rings. The fraction of sp³-hybridized carbons (Fsp3) is 0.176. The summed E-state index contributed by atoms with van der Waals surface area (Å²) in [6.07, 6.45) is 0. The summed E-state index contributed by atoms with van der Waals surface area (Å²) in [5, 5.41) is 2.25. The lowest BCUT2D eigenvalue weighted by Crippen LogP contribution is -2.36. The Labute approximate surface area is 136 Å². The predicted octanol–water partition coefficient (Wildman–Crippen LogP) is 3.09. The van der Waals surface area contributed by atoms with E-state index >= 15 is 0 Å². The lowest BCUT2D eigenvalue weighted by atomic mass is 10.2. The van der Waals surface area contributed by atoms with Gasteiger partial charge in [0.2, 0.25) is 11.8 Å². The molecule has 2 aromatic rings. The van der Waals surface area contributed by atoms with Crippen LogP contribution in [0.4, 0.5) is 18.9 Å². The molecule has 24 heavy (non-hydrogen) atoms.